The van der Waals surface area contributed by atoms with Crippen molar-refractivity contribution in [2.75, 3.05) is 6.61 Å². The van der Waals surface area contributed by atoms with Crippen LogP contribution in [0.1, 0.15) is 22.8 Å². The first-order valence-corrected chi connectivity index (χ1v) is 5.20. The lowest BCUT2D eigenvalue weighted by Gasteiger charge is -2.23. The van der Waals surface area contributed by atoms with Gasteiger partial charge < -0.3 is 9.84 Å². The van der Waals surface area contributed by atoms with E-state index in [1.807, 2.05) is 0 Å². The molecule has 17 heavy (non-hydrogen) atoms. The van der Waals surface area contributed by atoms with Crippen LogP contribution in [0.15, 0.2) is 29.3 Å². The number of aliphatic imine (C=N–C) groups is 1. The molecule has 1 heterocycles. The number of esters is 1. The van der Waals surface area contributed by atoms with Crippen molar-refractivity contribution >= 4 is 17.7 Å². The van der Waals surface area contributed by atoms with Crippen molar-refractivity contribution in [1.29, 1.82) is 0 Å². The van der Waals surface area contributed by atoms with Crippen LogP contribution in [0, 0.1) is 0 Å². The summed E-state index contributed by atoms with van der Waals surface area (Å²) in [5.74, 6) is -1.82. The zero-order valence-corrected chi connectivity index (χ0v) is 9.17. The summed E-state index contributed by atoms with van der Waals surface area (Å²) in [7, 11) is 0. The maximum atomic E-state index is 11.9. The van der Waals surface area contributed by atoms with E-state index < -0.39 is 23.7 Å². The average Bonchev–Trinajstić information content (AvgIpc) is 2.34. The minimum absolute atomic E-state index is 0.147. The zero-order valence-electron chi connectivity index (χ0n) is 9.17. The molecule has 88 valence electrons. The fourth-order valence-electron chi connectivity index (χ4n) is 1.66. The zero-order chi connectivity index (χ0) is 12.4. The van der Waals surface area contributed by atoms with Crippen molar-refractivity contribution in [3.63, 3.8) is 0 Å². The van der Waals surface area contributed by atoms with Gasteiger partial charge in [-0.15, -0.1) is 0 Å². The van der Waals surface area contributed by atoms with Crippen molar-refractivity contribution in [1.82, 2.24) is 0 Å². The molecule has 5 nitrogen and oxygen atoms in total. The molecule has 0 aliphatic carbocycles. The first kappa shape index (κ1) is 11.3. The molecule has 0 aromatic heterocycles. The molecule has 0 radical (unpaired) electrons. The first-order chi connectivity index (χ1) is 8.15. The van der Waals surface area contributed by atoms with E-state index in [1.165, 1.54) is 12.1 Å². The summed E-state index contributed by atoms with van der Waals surface area (Å²) in [5, 5.41) is 11.6. The van der Waals surface area contributed by atoms with Gasteiger partial charge in [0.2, 0.25) is 6.04 Å². The van der Waals surface area contributed by atoms with Crippen LogP contribution in [-0.2, 0) is 9.53 Å². The lowest BCUT2D eigenvalue weighted by Crippen LogP contribution is -2.39. The predicted octanol–water partition coefficient (Wildman–Crippen LogP) is -0.0785. The molecule has 1 aliphatic heterocycles. The van der Waals surface area contributed by atoms with Crippen molar-refractivity contribution in [3.05, 3.63) is 35.4 Å². The second-order valence-corrected chi connectivity index (χ2v) is 3.50. The Bertz CT molecular complexity index is 507. The SMILES string of the molecule is CCOC(=O)C1N=C([O-])c2ccccc2C1=O. The van der Waals surface area contributed by atoms with Crippen LogP contribution in [0.2, 0.25) is 0 Å². The van der Waals surface area contributed by atoms with Gasteiger partial charge in [0.15, 0.2) is 5.78 Å². The lowest BCUT2D eigenvalue weighted by molar-refractivity contribution is -0.213. The van der Waals surface area contributed by atoms with E-state index in [-0.39, 0.29) is 17.7 Å². The number of carbonyl (C=O) groups is 2. The third-order valence-corrected chi connectivity index (χ3v) is 2.43. The molecule has 1 unspecified atom stereocenters. The topological polar surface area (TPSA) is 78.8 Å². The van der Waals surface area contributed by atoms with Gasteiger partial charge >= 0.3 is 5.97 Å². The Balaban J connectivity index is 2.41. The highest BCUT2D eigenvalue weighted by molar-refractivity contribution is 6.20. The summed E-state index contributed by atoms with van der Waals surface area (Å²) in [4.78, 5) is 27.0. The number of ether oxygens (including phenoxy) is 1. The van der Waals surface area contributed by atoms with Gasteiger partial charge in [0.25, 0.3) is 0 Å². The number of Topliss-reactive ketones (excluding diaryl/α,β-unsaturated/α-hetero) is 1. The normalized spacial score (nSPS) is 18.3. The molecular weight excluding hydrogens is 222 g/mol. The van der Waals surface area contributed by atoms with E-state index in [0.717, 1.165) is 0 Å². The molecule has 0 spiro atoms. The van der Waals surface area contributed by atoms with Gasteiger partial charge in [0.05, 0.1) is 6.61 Å². The van der Waals surface area contributed by atoms with Crippen molar-refractivity contribution < 1.29 is 19.4 Å². The Morgan fingerprint density at radius 3 is 2.71 bits per heavy atom. The minimum Gasteiger partial charge on any atom is -0.858 e. The number of nitrogens with zero attached hydrogens (tertiary/aromatic N) is 1. The van der Waals surface area contributed by atoms with Gasteiger partial charge in [-0.25, -0.2) is 4.79 Å². The molecule has 0 saturated carbocycles. The quantitative estimate of drug-likeness (QED) is 0.527. The minimum atomic E-state index is -1.35. The number of carbonyl (C=O) groups excluding carboxylic acids is 2. The molecule has 5 heteroatoms. The molecule has 0 saturated heterocycles. The predicted molar refractivity (Wildman–Crippen MR) is 57.7 cm³/mol. The van der Waals surface area contributed by atoms with E-state index in [4.69, 9.17) is 4.74 Å². The van der Waals surface area contributed by atoms with Crippen LogP contribution in [-0.4, -0.2) is 30.3 Å². The smallest absolute Gasteiger partial charge is 0.338 e. The Labute approximate surface area is 97.7 Å². The van der Waals surface area contributed by atoms with Gasteiger partial charge in [-0.2, -0.15) is 0 Å². The molecule has 1 aliphatic rings. The number of fused-ring (bicyclic) bond motifs is 1. The van der Waals surface area contributed by atoms with Gasteiger partial charge in [0.1, 0.15) is 0 Å². The maximum Gasteiger partial charge on any atom is 0.338 e. The second kappa shape index (κ2) is 4.37. The van der Waals surface area contributed by atoms with Crippen molar-refractivity contribution in [3.8, 4) is 0 Å². The van der Waals surface area contributed by atoms with E-state index in [9.17, 15) is 14.7 Å². The maximum absolute atomic E-state index is 11.9. The van der Waals surface area contributed by atoms with Crippen molar-refractivity contribution in [2.24, 2.45) is 4.99 Å². The fraction of sp³-hybridized carbons (Fsp3) is 0.250. The number of ketones is 1. The number of rotatable bonds is 2. The van der Waals surface area contributed by atoms with Crippen molar-refractivity contribution in [2.45, 2.75) is 13.0 Å². The summed E-state index contributed by atoms with van der Waals surface area (Å²) >= 11 is 0. The van der Waals surface area contributed by atoms with E-state index in [2.05, 4.69) is 4.99 Å². The summed E-state index contributed by atoms with van der Waals surface area (Å²) in [6.45, 7) is 1.77. The number of hydrogen-bond donors (Lipinski definition) is 0. The molecular formula is C12H10NO4-. The number of hydrogen-bond acceptors (Lipinski definition) is 5. The molecule has 0 bridgehead atoms. The summed E-state index contributed by atoms with van der Waals surface area (Å²) in [5.41, 5.74) is 0.462. The van der Waals surface area contributed by atoms with Crippen LogP contribution in [0.5, 0.6) is 0 Å². The Morgan fingerprint density at radius 2 is 2.06 bits per heavy atom. The standard InChI is InChI=1S/C12H11NO4/c1-2-17-12(16)9-10(14)7-5-3-4-6-8(7)11(15)13-9/h3-6,9H,2H2,1H3,(H,13,15)/p-1. The first-order valence-electron chi connectivity index (χ1n) is 5.20. The number of benzene rings is 1. The average molecular weight is 232 g/mol. The molecule has 1 atom stereocenters. The second-order valence-electron chi connectivity index (χ2n) is 3.50. The van der Waals surface area contributed by atoms with Gasteiger partial charge in [-0.05, 0) is 18.4 Å². The molecule has 2 rings (SSSR count). The Kier molecular flexibility index (Phi) is 2.91. The van der Waals surface area contributed by atoms with Crippen LogP contribution in [0.3, 0.4) is 0 Å². The highest BCUT2D eigenvalue weighted by atomic mass is 16.5. The molecule has 0 amide bonds. The Morgan fingerprint density at radius 1 is 1.41 bits per heavy atom. The highest BCUT2D eigenvalue weighted by Crippen LogP contribution is 2.18. The third kappa shape index (κ3) is 1.91. The molecule has 1 aromatic carbocycles. The highest BCUT2D eigenvalue weighted by Gasteiger charge is 2.32. The van der Waals surface area contributed by atoms with E-state index in [0.29, 0.717) is 0 Å². The van der Waals surface area contributed by atoms with Crippen LogP contribution in [0.4, 0.5) is 0 Å². The van der Waals surface area contributed by atoms with E-state index in [1.54, 1.807) is 19.1 Å². The van der Waals surface area contributed by atoms with Crippen LogP contribution in [0.25, 0.3) is 0 Å². The fourth-order valence-corrected chi connectivity index (χ4v) is 1.66. The molecule has 0 fully saturated rings. The Hall–Kier alpha value is -2.17. The van der Waals surface area contributed by atoms with E-state index >= 15 is 0 Å². The van der Waals surface area contributed by atoms with Crippen LogP contribution < -0.4 is 5.11 Å². The van der Waals surface area contributed by atoms with Gasteiger partial charge in [-0.1, -0.05) is 24.3 Å². The summed E-state index contributed by atoms with van der Waals surface area (Å²) < 4.78 is 4.71. The van der Waals surface area contributed by atoms with Gasteiger partial charge in [0, 0.05) is 5.56 Å². The third-order valence-electron chi connectivity index (χ3n) is 2.43. The monoisotopic (exact) mass is 232 g/mol. The summed E-state index contributed by atoms with van der Waals surface area (Å²) in [6.07, 6.45) is 0. The summed E-state index contributed by atoms with van der Waals surface area (Å²) in [6, 6.07) is 4.95. The molecule has 1 aromatic rings. The lowest BCUT2D eigenvalue weighted by atomic mass is 9.96. The van der Waals surface area contributed by atoms with Crippen LogP contribution >= 0.6 is 0 Å². The largest absolute Gasteiger partial charge is 0.858 e. The van der Waals surface area contributed by atoms with Gasteiger partial charge in [-0.3, -0.25) is 9.79 Å². The molecule has 0 N–H and O–H groups in total.